The van der Waals surface area contributed by atoms with E-state index in [1.807, 2.05) is 34.9 Å². The van der Waals surface area contributed by atoms with Crippen LogP contribution in [-0.4, -0.2) is 51.1 Å². The lowest BCUT2D eigenvalue weighted by Gasteiger charge is -2.30. The SMILES string of the molecule is CC(C)(C)OC(=O)NC(C)(C)C(=O)N[C@H](COCc1ccccc1)c1nnc2n1CCNC2. The molecule has 0 fully saturated rings. The highest BCUT2D eigenvalue weighted by Gasteiger charge is 2.34. The van der Waals surface area contributed by atoms with Gasteiger partial charge >= 0.3 is 6.09 Å². The quantitative estimate of drug-likeness (QED) is 0.554. The molecule has 3 rings (SSSR count). The van der Waals surface area contributed by atoms with Crippen LogP contribution in [0.2, 0.25) is 0 Å². The minimum Gasteiger partial charge on any atom is -0.444 e. The second-order valence-corrected chi connectivity index (χ2v) is 9.58. The Morgan fingerprint density at radius 1 is 1.15 bits per heavy atom. The van der Waals surface area contributed by atoms with Crippen LogP contribution in [0.1, 0.15) is 57.9 Å². The van der Waals surface area contributed by atoms with Gasteiger partial charge in [-0.05, 0) is 40.2 Å². The smallest absolute Gasteiger partial charge is 0.408 e. The summed E-state index contributed by atoms with van der Waals surface area (Å²) in [5.74, 6) is 1.05. The fourth-order valence-corrected chi connectivity index (χ4v) is 3.38. The monoisotopic (exact) mass is 458 g/mol. The number of carbonyl (C=O) groups excluding carboxylic acids is 2. The van der Waals surface area contributed by atoms with Crippen LogP contribution < -0.4 is 16.0 Å². The predicted octanol–water partition coefficient (Wildman–Crippen LogP) is 2.06. The molecule has 0 saturated carbocycles. The summed E-state index contributed by atoms with van der Waals surface area (Å²) in [4.78, 5) is 25.4. The molecule has 2 heterocycles. The molecule has 1 aromatic carbocycles. The van der Waals surface area contributed by atoms with E-state index in [0.29, 0.717) is 25.5 Å². The Labute approximate surface area is 194 Å². The van der Waals surface area contributed by atoms with E-state index in [9.17, 15) is 9.59 Å². The largest absolute Gasteiger partial charge is 0.444 e. The van der Waals surface area contributed by atoms with Gasteiger partial charge in [0.05, 0.1) is 19.8 Å². The van der Waals surface area contributed by atoms with E-state index in [-0.39, 0.29) is 12.5 Å². The number of amides is 2. The first kappa shape index (κ1) is 24.7. The highest BCUT2D eigenvalue weighted by Crippen LogP contribution is 2.18. The molecule has 0 radical (unpaired) electrons. The number of hydrogen-bond donors (Lipinski definition) is 3. The first-order valence-electron chi connectivity index (χ1n) is 11.1. The van der Waals surface area contributed by atoms with Crippen LogP contribution in [0, 0.1) is 0 Å². The Hall–Kier alpha value is -2.98. The number of alkyl carbamates (subject to hydrolysis) is 1. The van der Waals surface area contributed by atoms with Crippen molar-refractivity contribution in [2.45, 2.75) is 71.5 Å². The molecule has 1 aromatic heterocycles. The summed E-state index contributed by atoms with van der Waals surface area (Å²) in [6, 6.07) is 9.26. The highest BCUT2D eigenvalue weighted by atomic mass is 16.6. The van der Waals surface area contributed by atoms with Gasteiger partial charge in [-0.25, -0.2) is 4.79 Å². The molecule has 0 saturated heterocycles. The average molecular weight is 459 g/mol. The van der Waals surface area contributed by atoms with Crippen molar-refractivity contribution >= 4 is 12.0 Å². The summed E-state index contributed by atoms with van der Waals surface area (Å²) in [5.41, 5.74) is -0.854. The molecule has 1 atom stereocenters. The van der Waals surface area contributed by atoms with Gasteiger partial charge in [-0.15, -0.1) is 10.2 Å². The van der Waals surface area contributed by atoms with Crippen LogP contribution in [-0.2, 0) is 34.0 Å². The number of nitrogens with one attached hydrogen (secondary N) is 3. The third-order valence-electron chi connectivity index (χ3n) is 5.05. The topological polar surface area (TPSA) is 119 Å². The molecule has 2 amide bonds. The summed E-state index contributed by atoms with van der Waals surface area (Å²) >= 11 is 0. The lowest BCUT2D eigenvalue weighted by molar-refractivity contribution is -0.127. The molecule has 3 N–H and O–H groups in total. The number of nitrogens with zero attached hydrogens (tertiary/aromatic N) is 3. The fourth-order valence-electron chi connectivity index (χ4n) is 3.38. The summed E-state index contributed by atoms with van der Waals surface area (Å²) in [6.45, 7) is 11.2. The van der Waals surface area contributed by atoms with Gasteiger partial charge in [0.15, 0.2) is 5.82 Å². The third-order valence-corrected chi connectivity index (χ3v) is 5.05. The number of carbonyl (C=O) groups is 2. The Morgan fingerprint density at radius 2 is 1.88 bits per heavy atom. The molecule has 0 aliphatic carbocycles. The van der Waals surface area contributed by atoms with Gasteiger partial charge in [-0.3, -0.25) is 4.79 Å². The Morgan fingerprint density at radius 3 is 2.58 bits per heavy atom. The summed E-state index contributed by atoms with van der Waals surface area (Å²) in [5, 5.41) is 17.5. The van der Waals surface area contributed by atoms with Crippen molar-refractivity contribution in [1.82, 2.24) is 30.7 Å². The second kappa shape index (κ2) is 10.3. The molecule has 2 aromatic rings. The molecule has 1 aliphatic rings. The lowest BCUT2D eigenvalue weighted by Crippen LogP contribution is -2.56. The summed E-state index contributed by atoms with van der Waals surface area (Å²) in [6.07, 6.45) is -0.662. The van der Waals surface area contributed by atoms with Crippen LogP contribution in [0.25, 0.3) is 0 Å². The van der Waals surface area contributed by atoms with Crippen molar-refractivity contribution in [3.63, 3.8) is 0 Å². The van der Waals surface area contributed by atoms with Gasteiger partial charge in [0.2, 0.25) is 5.91 Å². The molecule has 10 nitrogen and oxygen atoms in total. The van der Waals surface area contributed by atoms with E-state index in [4.69, 9.17) is 9.47 Å². The Kier molecular flexibility index (Phi) is 7.70. The fraction of sp³-hybridized carbons (Fsp3) is 0.565. The maximum absolute atomic E-state index is 13.2. The van der Waals surface area contributed by atoms with E-state index in [2.05, 4.69) is 26.1 Å². The number of benzene rings is 1. The number of fused-ring (bicyclic) bond motifs is 1. The zero-order chi connectivity index (χ0) is 24.1. The Balaban J connectivity index is 1.72. The van der Waals surface area contributed by atoms with Gasteiger partial charge in [0.25, 0.3) is 0 Å². The van der Waals surface area contributed by atoms with Crippen molar-refractivity contribution in [2.75, 3.05) is 13.2 Å². The molecule has 0 bridgehead atoms. The zero-order valence-electron chi connectivity index (χ0n) is 20.0. The van der Waals surface area contributed by atoms with Crippen molar-refractivity contribution in [3.8, 4) is 0 Å². The average Bonchev–Trinajstić information content (AvgIpc) is 3.16. The molecule has 10 heteroatoms. The molecule has 0 spiro atoms. The number of aromatic nitrogens is 3. The van der Waals surface area contributed by atoms with Crippen LogP contribution in [0.4, 0.5) is 4.79 Å². The van der Waals surface area contributed by atoms with Gasteiger partial charge in [0.1, 0.15) is 23.0 Å². The molecule has 180 valence electrons. The van der Waals surface area contributed by atoms with Gasteiger partial charge in [-0.1, -0.05) is 30.3 Å². The zero-order valence-corrected chi connectivity index (χ0v) is 20.0. The van der Waals surface area contributed by atoms with Crippen LogP contribution in [0.15, 0.2) is 30.3 Å². The van der Waals surface area contributed by atoms with E-state index in [0.717, 1.165) is 17.9 Å². The third kappa shape index (κ3) is 7.00. The number of ether oxygens (including phenoxy) is 2. The first-order chi connectivity index (χ1) is 15.5. The Bertz CT molecular complexity index is 952. The maximum Gasteiger partial charge on any atom is 0.408 e. The van der Waals surface area contributed by atoms with Gasteiger partial charge < -0.3 is 30.0 Å². The number of hydrogen-bond acceptors (Lipinski definition) is 7. The number of rotatable bonds is 8. The van der Waals surface area contributed by atoms with Crippen LogP contribution >= 0.6 is 0 Å². The second-order valence-electron chi connectivity index (χ2n) is 9.58. The van der Waals surface area contributed by atoms with E-state index >= 15 is 0 Å². The summed E-state index contributed by atoms with van der Waals surface area (Å²) in [7, 11) is 0. The van der Waals surface area contributed by atoms with Gasteiger partial charge in [0, 0.05) is 13.1 Å². The van der Waals surface area contributed by atoms with Crippen molar-refractivity contribution in [3.05, 3.63) is 47.5 Å². The van der Waals surface area contributed by atoms with E-state index in [1.54, 1.807) is 34.6 Å². The molecule has 0 unspecified atom stereocenters. The molecular weight excluding hydrogens is 424 g/mol. The lowest BCUT2D eigenvalue weighted by atomic mass is 10.0. The first-order valence-corrected chi connectivity index (χ1v) is 11.1. The maximum atomic E-state index is 13.2. The van der Waals surface area contributed by atoms with Crippen molar-refractivity contribution in [2.24, 2.45) is 0 Å². The van der Waals surface area contributed by atoms with Crippen molar-refractivity contribution in [1.29, 1.82) is 0 Å². The molecule has 1 aliphatic heterocycles. The normalized spacial score (nSPS) is 14.8. The van der Waals surface area contributed by atoms with Gasteiger partial charge in [-0.2, -0.15) is 0 Å². The van der Waals surface area contributed by atoms with E-state index < -0.39 is 23.3 Å². The van der Waals surface area contributed by atoms with Crippen LogP contribution in [0.5, 0.6) is 0 Å². The molecular formula is C23H34N6O4. The molecule has 33 heavy (non-hydrogen) atoms. The standard InChI is InChI=1S/C23H34N6O4/c1-22(2,3)33-21(31)26-23(4,5)20(30)25-17(15-32-14-16-9-7-6-8-10-16)19-28-27-18-13-24-11-12-29(18)19/h6-10,17,24H,11-15H2,1-5H3,(H,25,30)(H,26,31)/t17-/m1/s1. The highest BCUT2D eigenvalue weighted by molar-refractivity contribution is 5.89. The minimum absolute atomic E-state index is 0.203. The minimum atomic E-state index is -1.22. The summed E-state index contributed by atoms with van der Waals surface area (Å²) < 4.78 is 13.2. The predicted molar refractivity (Wildman–Crippen MR) is 122 cm³/mol. The van der Waals surface area contributed by atoms with Crippen LogP contribution in [0.3, 0.4) is 0 Å². The van der Waals surface area contributed by atoms with Crippen molar-refractivity contribution < 1.29 is 19.1 Å². The van der Waals surface area contributed by atoms with E-state index in [1.165, 1.54) is 0 Å².